The van der Waals surface area contributed by atoms with Gasteiger partial charge in [-0.25, -0.2) is 13.9 Å². The zero-order valence-corrected chi connectivity index (χ0v) is 20.2. The van der Waals surface area contributed by atoms with Gasteiger partial charge in [0.15, 0.2) is 5.82 Å². The third-order valence-electron chi connectivity index (χ3n) is 6.03. The number of fused-ring (bicyclic) bond motifs is 2. The van der Waals surface area contributed by atoms with Gasteiger partial charge in [-0.15, -0.1) is 0 Å². The molecule has 5 rings (SSSR count). The van der Waals surface area contributed by atoms with Crippen LogP contribution in [0.5, 0.6) is 0 Å². The van der Waals surface area contributed by atoms with E-state index in [1.54, 1.807) is 12.4 Å². The number of hydrogen-bond acceptors (Lipinski definition) is 6. The minimum absolute atomic E-state index is 0.241. The van der Waals surface area contributed by atoms with E-state index >= 15 is 0 Å². The van der Waals surface area contributed by atoms with Gasteiger partial charge in [0.05, 0.1) is 18.3 Å². The summed E-state index contributed by atoms with van der Waals surface area (Å²) in [6.07, 6.45) is 5.36. The maximum atomic E-state index is 13.6. The predicted octanol–water partition coefficient (Wildman–Crippen LogP) is 4.00. The molecule has 0 spiro atoms. The molecule has 0 saturated carbocycles. The summed E-state index contributed by atoms with van der Waals surface area (Å²) in [5.74, 6) is 0.516. The van der Waals surface area contributed by atoms with Crippen molar-refractivity contribution < 1.29 is 4.39 Å². The van der Waals surface area contributed by atoms with Gasteiger partial charge in [0.1, 0.15) is 17.7 Å². The fraction of sp³-hybridized carbons (Fsp3) is 0.269. The summed E-state index contributed by atoms with van der Waals surface area (Å²) in [5.41, 5.74) is 4.90. The first-order valence-corrected chi connectivity index (χ1v) is 11.6. The minimum atomic E-state index is -0.241. The highest BCUT2D eigenvalue weighted by Crippen LogP contribution is 2.26. The van der Waals surface area contributed by atoms with Crippen molar-refractivity contribution in [3.05, 3.63) is 84.2 Å². The van der Waals surface area contributed by atoms with Crippen molar-refractivity contribution in [2.24, 2.45) is 0 Å². The molecule has 180 valence electrons. The Hall–Kier alpha value is -3.82. The van der Waals surface area contributed by atoms with Gasteiger partial charge in [-0.2, -0.15) is 10.2 Å². The van der Waals surface area contributed by atoms with Crippen molar-refractivity contribution in [3.8, 4) is 0 Å². The van der Waals surface area contributed by atoms with Gasteiger partial charge in [0.25, 0.3) is 0 Å². The molecule has 35 heavy (non-hydrogen) atoms. The summed E-state index contributed by atoms with van der Waals surface area (Å²) >= 11 is 0. The van der Waals surface area contributed by atoms with Crippen LogP contribution in [0.25, 0.3) is 16.4 Å². The van der Waals surface area contributed by atoms with Crippen LogP contribution in [0.3, 0.4) is 0 Å². The molecule has 0 aliphatic heterocycles. The number of nitrogens with zero attached hydrogens (tertiary/aromatic N) is 7. The molecule has 0 aliphatic carbocycles. The number of aromatic nitrogens is 5. The third-order valence-corrected chi connectivity index (χ3v) is 6.03. The first-order valence-electron chi connectivity index (χ1n) is 11.6. The number of halogens is 1. The Balaban J connectivity index is 1.38. The highest BCUT2D eigenvalue weighted by Gasteiger charge is 2.13. The fourth-order valence-electron chi connectivity index (χ4n) is 4.21. The molecule has 0 unspecified atom stereocenters. The van der Waals surface area contributed by atoms with E-state index in [2.05, 4.69) is 63.6 Å². The molecular formula is C26H29FN8. The Kier molecular flexibility index (Phi) is 6.43. The Morgan fingerprint density at radius 1 is 1.00 bits per heavy atom. The van der Waals surface area contributed by atoms with Crippen LogP contribution in [0.4, 0.5) is 15.9 Å². The highest BCUT2D eigenvalue weighted by atomic mass is 19.1. The third kappa shape index (κ3) is 5.16. The second-order valence-electron chi connectivity index (χ2n) is 9.11. The molecule has 0 radical (unpaired) electrons. The normalized spacial score (nSPS) is 11.8. The summed E-state index contributed by atoms with van der Waals surface area (Å²) in [6.45, 7) is 3.28. The quantitative estimate of drug-likeness (QED) is 0.350. The van der Waals surface area contributed by atoms with Crippen molar-refractivity contribution in [1.82, 2.24) is 34.2 Å². The summed E-state index contributed by atoms with van der Waals surface area (Å²) in [6, 6.07) is 14.8. The molecule has 0 saturated heterocycles. The fourth-order valence-corrected chi connectivity index (χ4v) is 4.21. The lowest BCUT2D eigenvalue weighted by Gasteiger charge is -2.19. The van der Waals surface area contributed by atoms with Crippen LogP contribution in [0.1, 0.15) is 11.1 Å². The minimum Gasteiger partial charge on any atom is -0.338 e. The average molecular weight is 473 g/mol. The first-order chi connectivity index (χ1) is 17.0. The summed E-state index contributed by atoms with van der Waals surface area (Å²) < 4.78 is 17.3. The van der Waals surface area contributed by atoms with Gasteiger partial charge in [-0.05, 0) is 68.7 Å². The molecule has 3 heterocycles. The van der Waals surface area contributed by atoms with Crippen molar-refractivity contribution in [2.45, 2.75) is 13.1 Å². The average Bonchev–Trinajstić information content (AvgIpc) is 3.42. The molecule has 0 bridgehead atoms. The van der Waals surface area contributed by atoms with Gasteiger partial charge in [0, 0.05) is 36.9 Å². The lowest BCUT2D eigenvalue weighted by Crippen LogP contribution is -2.28. The number of anilines is 2. The molecule has 2 aromatic carbocycles. The Morgan fingerprint density at radius 2 is 1.89 bits per heavy atom. The maximum Gasteiger partial charge on any atom is 0.158 e. The Morgan fingerprint density at radius 3 is 2.71 bits per heavy atom. The number of benzene rings is 2. The molecule has 0 aliphatic rings. The smallest absolute Gasteiger partial charge is 0.158 e. The van der Waals surface area contributed by atoms with Crippen LogP contribution in [-0.2, 0) is 13.1 Å². The second kappa shape index (κ2) is 9.81. The van der Waals surface area contributed by atoms with E-state index in [0.29, 0.717) is 6.54 Å². The van der Waals surface area contributed by atoms with Crippen LogP contribution >= 0.6 is 0 Å². The van der Waals surface area contributed by atoms with Crippen molar-refractivity contribution >= 4 is 27.9 Å². The largest absolute Gasteiger partial charge is 0.338 e. The molecule has 5 aromatic rings. The number of hydrogen-bond donors (Lipinski definition) is 1. The van der Waals surface area contributed by atoms with Crippen LogP contribution in [0.15, 0.2) is 67.3 Å². The van der Waals surface area contributed by atoms with Gasteiger partial charge in [-0.3, -0.25) is 4.68 Å². The highest BCUT2D eigenvalue weighted by molar-refractivity contribution is 5.85. The van der Waals surface area contributed by atoms with Gasteiger partial charge >= 0.3 is 0 Å². The molecule has 8 nitrogen and oxygen atoms in total. The summed E-state index contributed by atoms with van der Waals surface area (Å²) in [4.78, 5) is 9.02. The Labute approximate surface area is 203 Å². The van der Waals surface area contributed by atoms with Crippen LogP contribution in [0.2, 0.25) is 0 Å². The van der Waals surface area contributed by atoms with Crippen LogP contribution in [0, 0.1) is 5.82 Å². The van der Waals surface area contributed by atoms with E-state index < -0.39 is 0 Å². The van der Waals surface area contributed by atoms with E-state index in [0.717, 1.165) is 53.1 Å². The van der Waals surface area contributed by atoms with E-state index in [1.165, 1.54) is 17.7 Å². The predicted molar refractivity (Wildman–Crippen MR) is 136 cm³/mol. The van der Waals surface area contributed by atoms with E-state index in [4.69, 9.17) is 0 Å². The molecule has 1 N–H and O–H groups in total. The number of likely N-dealkylation sites (N-methyl/N-ethyl adjacent to an activating group) is 2. The molecule has 0 atom stereocenters. The van der Waals surface area contributed by atoms with Crippen molar-refractivity contribution in [3.63, 3.8) is 0 Å². The standard InChI is InChI=1S/C26H29FN8/c1-32(2)11-12-33(3)17-20-9-10-34-25(20)26(28-18-30-34)31-23-7-8-24-21(14-23)15-29-35(24)16-19-5-4-6-22(27)13-19/h4-10,13-15,18H,11-12,16-17H2,1-3H3,(H,28,30,31). The Bertz CT molecular complexity index is 1450. The molecule has 0 amide bonds. The van der Waals surface area contributed by atoms with E-state index in [-0.39, 0.29) is 5.82 Å². The lowest BCUT2D eigenvalue weighted by molar-refractivity contribution is 0.277. The van der Waals surface area contributed by atoms with E-state index in [9.17, 15) is 4.39 Å². The van der Waals surface area contributed by atoms with Gasteiger partial charge in [0.2, 0.25) is 0 Å². The lowest BCUT2D eigenvalue weighted by atomic mass is 10.2. The van der Waals surface area contributed by atoms with Crippen molar-refractivity contribution in [1.29, 1.82) is 0 Å². The zero-order chi connectivity index (χ0) is 24.4. The van der Waals surface area contributed by atoms with E-state index in [1.807, 2.05) is 39.8 Å². The molecule has 9 heteroatoms. The molecule has 3 aromatic heterocycles. The topological polar surface area (TPSA) is 66.5 Å². The molecular weight excluding hydrogens is 443 g/mol. The molecule has 0 fully saturated rings. The number of rotatable bonds is 9. The SMILES string of the molecule is CN(C)CCN(C)Cc1ccn2ncnc(Nc3ccc4c(cnn4Cc4cccc(F)c4)c3)c12. The van der Waals surface area contributed by atoms with Crippen LogP contribution < -0.4 is 5.32 Å². The second-order valence-corrected chi connectivity index (χ2v) is 9.11. The zero-order valence-electron chi connectivity index (χ0n) is 20.2. The maximum absolute atomic E-state index is 13.6. The van der Waals surface area contributed by atoms with Gasteiger partial charge in [-0.1, -0.05) is 12.1 Å². The number of nitrogens with one attached hydrogen (secondary N) is 1. The van der Waals surface area contributed by atoms with Crippen LogP contribution in [-0.4, -0.2) is 68.4 Å². The monoisotopic (exact) mass is 472 g/mol. The van der Waals surface area contributed by atoms with Gasteiger partial charge < -0.3 is 15.1 Å². The van der Waals surface area contributed by atoms with Crippen molar-refractivity contribution in [2.75, 3.05) is 39.5 Å². The first kappa shape index (κ1) is 22.9. The summed E-state index contributed by atoms with van der Waals surface area (Å²) in [7, 11) is 6.29. The summed E-state index contributed by atoms with van der Waals surface area (Å²) in [5, 5.41) is 13.4.